The fraction of sp³-hybridized carbons (Fsp3) is 0.250. The Morgan fingerprint density at radius 1 is 1.28 bits per heavy atom. The number of carbonyl (C=O) groups is 1. The summed E-state index contributed by atoms with van der Waals surface area (Å²) in [5.74, 6) is -3.66. The lowest BCUT2D eigenvalue weighted by molar-refractivity contribution is -0.572. The molecule has 96 valence electrons. The Morgan fingerprint density at radius 3 is 2.17 bits per heavy atom. The van der Waals surface area contributed by atoms with E-state index < -0.39 is 38.0 Å². The maximum atomic E-state index is 10.8. The van der Waals surface area contributed by atoms with Crippen LogP contribution in [0.15, 0.2) is 21.7 Å². The molecule has 2 N–H and O–H groups in total. The van der Waals surface area contributed by atoms with E-state index in [-0.39, 0.29) is 0 Å². The van der Waals surface area contributed by atoms with E-state index in [2.05, 4.69) is 10.2 Å². The van der Waals surface area contributed by atoms with Gasteiger partial charge in [-0.15, -0.1) is 0 Å². The van der Waals surface area contributed by atoms with Crippen molar-refractivity contribution in [1.82, 2.24) is 5.43 Å². The molecule has 1 aliphatic heterocycles. The Kier molecular flexibility index (Phi) is 2.86. The highest BCUT2D eigenvalue weighted by Crippen LogP contribution is 2.31. The summed E-state index contributed by atoms with van der Waals surface area (Å²) in [6.45, 7) is 0. The molecule has 0 bridgehead atoms. The molecule has 1 heterocycles. The standard InChI is InChI=1S/C4H2N6O8/c11-3(12)4(9(15)16)1(6-10(17)18)2(5-7-4)8(13)14/h6H,(H,11,12). The van der Waals surface area contributed by atoms with Crippen LogP contribution in [0.3, 0.4) is 0 Å². The molecule has 14 nitrogen and oxygen atoms in total. The largest absolute Gasteiger partial charge is 0.498 e. The van der Waals surface area contributed by atoms with Gasteiger partial charge in [-0.3, -0.25) is 10.1 Å². The van der Waals surface area contributed by atoms with Gasteiger partial charge in [0.15, 0.2) is 5.03 Å². The summed E-state index contributed by atoms with van der Waals surface area (Å²) in [5.41, 5.74) is -3.79. The first-order valence-corrected chi connectivity index (χ1v) is 3.84. The fourth-order valence-corrected chi connectivity index (χ4v) is 1.08. The number of hydrogen-bond donors (Lipinski definition) is 2. The molecule has 1 rings (SSSR count). The smallest absolute Gasteiger partial charge is 0.474 e. The lowest BCUT2D eigenvalue weighted by atomic mass is 10.1. The van der Waals surface area contributed by atoms with E-state index >= 15 is 0 Å². The van der Waals surface area contributed by atoms with E-state index in [1.165, 1.54) is 0 Å². The molecule has 0 amide bonds. The van der Waals surface area contributed by atoms with Gasteiger partial charge in [0.25, 0.3) is 5.70 Å². The molecule has 0 saturated heterocycles. The van der Waals surface area contributed by atoms with Crippen LogP contribution in [-0.2, 0) is 4.79 Å². The zero-order valence-electron chi connectivity index (χ0n) is 8.04. The topological polar surface area (TPSA) is 203 Å². The SMILES string of the molecule is O=C(O)C1([N+](=O)[O-])N=NC([N+](=O)[O-])=C1N[N+](=O)[O-]. The molecule has 0 aromatic heterocycles. The van der Waals surface area contributed by atoms with Crippen LogP contribution in [-0.4, -0.2) is 31.6 Å². The van der Waals surface area contributed by atoms with Crippen LogP contribution in [0.25, 0.3) is 0 Å². The zero-order chi connectivity index (χ0) is 14.1. The van der Waals surface area contributed by atoms with Gasteiger partial charge in [0.05, 0.1) is 10.0 Å². The molecule has 18 heavy (non-hydrogen) atoms. The molecule has 0 aromatic rings. The second-order valence-electron chi connectivity index (χ2n) is 2.76. The Morgan fingerprint density at radius 2 is 1.83 bits per heavy atom. The molecule has 0 radical (unpaired) electrons. The monoisotopic (exact) mass is 262 g/mol. The summed E-state index contributed by atoms with van der Waals surface area (Å²) in [4.78, 5) is 39.3. The van der Waals surface area contributed by atoms with Crippen molar-refractivity contribution >= 4 is 5.97 Å². The second-order valence-corrected chi connectivity index (χ2v) is 2.76. The highest BCUT2D eigenvalue weighted by Gasteiger charge is 2.68. The van der Waals surface area contributed by atoms with Gasteiger partial charge in [0, 0.05) is 5.11 Å². The summed E-state index contributed by atoms with van der Waals surface area (Å²) in [7, 11) is 0. The molecule has 1 unspecified atom stereocenters. The van der Waals surface area contributed by atoms with Crippen molar-refractivity contribution in [3.05, 3.63) is 41.9 Å². The van der Waals surface area contributed by atoms with E-state index in [4.69, 9.17) is 5.11 Å². The van der Waals surface area contributed by atoms with Crippen LogP contribution < -0.4 is 5.43 Å². The third kappa shape index (κ3) is 1.66. The highest BCUT2D eigenvalue weighted by atomic mass is 16.7. The van der Waals surface area contributed by atoms with Crippen molar-refractivity contribution in [2.75, 3.05) is 0 Å². The van der Waals surface area contributed by atoms with Crippen LogP contribution in [0.4, 0.5) is 0 Å². The number of hydrazine groups is 1. The molecule has 0 fully saturated rings. The average Bonchev–Trinajstić information content (AvgIpc) is 2.56. The lowest BCUT2D eigenvalue weighted by Crippen LogP contribution is -2.50. The second kappa shape index (κ2) is 4.00. The molecular formula is C4H2N6O8. The van der Waals surface area contributed by atoms with Gasteiger partial charge in [0.1, 0.15) is 0 Å². The van der Waals surface area contributed by atoms with Crippen LogP contribution >= 0.6 is 0 Å². The first kappa shape index (κ1) is 12.9. The molecule has 0 spiro atoms. The predicted molar refractivity (Wildman–Crippen MR) is 46.4 cm³/mol. The molecule has 0 saturated carbocycles. The average molecular weight is 262 g/mol. The fourth-order valence-electron chi connectivity index (χ4n) is 1.08. The molecule has 1 atom stereocenters. The van der Waals surface area contributed by atoms with E-state index in [9.17, 15) is 35.1 Å². The number of azo groups is 1. The van der Waals surface area contributed by atoms with E-state index in [0.717, 1.165) is 5.43 Å². The highest BCUT2D eigenvalue weighted by molar-refractivity contribution is 5.81. The molecule has 1 aliphatic rings. The normalized spacial score (nSPS) is 21.8. The van der Waals surface area contributed by atoms with E-state index in [1.54, 1.807) is 0 Å². The minimum atomic E-state index is -3.42. The van der Waals surface area contributed by atoms with Gasteiger partial charge < -0.3 is 15.2 Å². The number of nitro groups is 3. The van der Waals surface area contributed by atoms with Crippen molar-refractivity contribution < 1.29 is 24.8 Å². The van der Waals surface area contributed by atoms with Gasteiger partial charge >= 0.3 is 17.5 Å². The van der Waals surface area contributed by atoms with E-state index in [1.807, 2.05) is 0 Å². The maximum Gasteiger partial charge on any atom is 0.498 e. The van der Waals surface area contributed by atoms with Crippen molar-refractivity contribution in [3.63, 3.8) is 0 Å². The predicted octanol–water partition coefficient (Wildman–Crippen LogP) is -1.26. The summed E-state index contributed by atoms with van der Waals surface area (Å²) in [6, 6.07) is 0. The third-order valence-electron chi connectivity index (χ3n) is 1.80. The number of nitrogens with one attached hydrogen (secondary N) is 1. The van der Waals surface area contributed by atoms with Gasteiger partial charge in [-0.25, -0.2) is 14.9 Å². The summed E-state index contributed by atoms with van der Waals surface area (Å²) < 4.78 is 0. The van der Waals surface area contributed by atoms with Gasteiger partial charge in [-0.1, -0.05) is 5.43 Å². The van der Waals surface area contributed by atoms with E-state index in [0.29, 0.717) is 0 Å². The molecular weight excluding hydrogens is 260 g/mol. The number of aliphatic carboxylic acids is 1. The molecule has 14 heteroatoms. The molecule has 0 aromatic carbocycles. The van der Waals surface area contributed by atoms with Crippen molar-refractivity contribution in [2.24, 2.45) is 10.2 Å². The van der Waals surface area contributed by atoms with Crippen molar-refractivity contribution in [1.29, 1.82) is 0 Å². The summed E-state index contributed by atoms with van der Waals surface area (Å²) in [6.07, 6.45) is 0. The number of hydrogen-bond acceptors (Lipinski definition) is 9. The quantitative estimate of drug-likeness (QED) is 0.447. The number of carboxylic acid groups (broad SMARTS) is 1. The van der Waals surface area contributed by atoms with Crippen molar-refractivity contribution in [2.45, 2.75) is 5.66 Å². The zero-order valence-corrected chi connectivity index (χ0v) is 8.04. The van der Waals surface area contributed by atoms with Crippen molar-refractivity contribution in [3.8, 4) is 0 Å². The van der Waals surface area contributed by atoms with Crippen LogP contribution in [0.1, 0.15) is 0 Å². The first-order valence-electron chi connectivity index (χ1n) is 3.84. The Balaban J connectivity index is 3.50. The third-order valence-corrected chi connectivity index (χ3v) is 1.80. The molecule has 0 aliphatic carbocycles. The van der Waals surface area contributed by atoms with Crippen LogP contribution in [0.5, 0.6) is 0 Å². The van der Waals surface area contributed by atoms with Crippen LogP contribution in [0.2, 0.25) is 0 Å². The van der Waals surface area contributed by atoms with Gasteiger partial charge in [-0.05, 0) is 4.92 Å². The summed E-state index contributed by atoms with van der Waals surface area (Å²) in [5, 5.41) is 44.0. The Labute approximate surface area is 95.0 Å². The first-order chi connectivity index (χ1) is 8.23. The summed E-state index contributed by atoms with van der Waals surface area (Å²) >= 11 is 0. The lowest BCUT2D eigenvalue weighted by Gasteiger charge is -2.09. The van der Waals surface area contributed by atoms with Crippen LogP contribution in [0, 0.1) is 30.3 Å². The number of rotatable bonds is 5. The van der Waals surface area contributed by atoms with Gasteiger partial charge in [0.2, 0.25) is 0 Å². The van der Waals surface area contributed by atoms with Gasteiger partial charge in [-0.2, -0.15) is 0 Å². The Hall–Kier alpha value is -3.19. The number of nitrogens with zero attached hydrogens (tertiary/aromatic N) is 5. The minimum absolute atomic E-state index is 1.08. The number of carboxylic acids is 1. The maximum absolute atomic E-state index is 10.8. The Bertz CT molecular complexity index is 506. The minimum Gasteiger partial charge on any atom is -0.474 e.